The fourth-order valence-electron chi connectivity index (χ4n) is 3.38. The maximum Gasteiger partial charge on any atom is 0.335 e. The first-order valence-corrected chi connectivity index (χ1v) is 11.9. The van der Waals surface area contributed by atoms with Gasteiger partial charge in [-0.15, -0.1) is 0 Å². The molecule has 3 N–H and O–H groups in total. The summed E-state index contributed by atoms with van der Waals surface area (Å²) in [5.74, 6) is 4.33. The number of amides is 1. The van der Waals surface area contributed by atoms with Crippen LogP contribution in [0.5, 0.6) is 0 Å². The van der Waals surface area contributed by atoms with E-state index in [-0.39, 0.29) is 10.5 Å². The average Bonchev–Trinajstić information content (AvgIpc) is 3.37. The molecule has 0 saturated carbocycles. The molecule has 35 heavy (non-hydrogen) atoms. The van der Waals surface area contributed by atoms with Gasteiger partial charge in [-0.1, -0.05) is 42.5 Å². The number of aromatic carboxylic acids is 1. The Morgan fingerprint density at radius 3 is 2.29 bits per heavy atom. The van der Waals surface area contributed by atoms with E-state index in [0.29, 0.717) is 22.4 Å². The van der Waals surface area contributed by atoms with Gasteiger partial charge in [-0.3, -0.25) is 4.79 Å². The molecule has 8 nitrogen and oxygen atoms in total. The summed E-state index contributed by atoms with van der Waals surface area (Å²) in [5, 5.41) is 10.2. The third-order valence-corrected chi connectivity index (χ3v) is 6.90. The van der Waals surface area contributed by atoms with Crippen LogP contribution in [0.25, 0.3) is 17.2 Å². The summed E-state index contributed by atoms with van der Waals surface area (Å²) in [6.07, 6.45) is 5.53. The van der Waals surface area contributed by atoms with Crippen molar-refractivity contribution >= 4 is 33.7 Å². The summed E-state index contributed by atoms with van der Waals surface area (Å²) in [6.45, 7) is 0. The number of nitrogens with zero attached hydrogens (tertiary/aromatic N) is 2. The molecule has 0 unspecified atom stereocenters. The summed E-state index contributed by atoms with van der Waals surface area (Å²) in [5.41, 5.74) is 2.53. The van der Waals surface area contributed by atoms with Crippen molar-refractivity contribution in [2.24, 2.45) is 5.84 Å². The van der Waals surface area contributed by atoms with Crippen LogP contribution in [0, 0.1) is 0 Å². The van der Waals surface area contributed by atoms with Crippen LogP contribution < -0.4 is 10.9 Å². The van der Waals surface area contributed by atoms with Crippen molar-refractivity contribution in [3.8, 4) is 11.1 Å². The van der Waals surface area contributed by atoms with Crippen molar-refractivity contribution in [3.05, 3.63) is 115 Å². The molecule has 3 aromatic carbocycles. The van der Waals surface area contributed by atoms with E-state index in [2.05, 4.69) is 0 Å². The number of nitrogens with two attached hydrogens (primary N) is 1. The number of aromatic nitrogens is 1. The smallest absolute Gasteiger partial charge is 0.335 e. The van der Waals surface area contributed by atoms with Crippen LogP contribution >= 0.6 is 0 Å². The predicted octanol–water partition coefficient (Wildman–Crippen LogP) is 4.01. The minimum Gasteiger partial charge on any atom is -0.478 e. The number of carbonyl (C=O) groups excluding carboxylic acids is 1. The number of rotatable bonds is 7. The minimum absolute atomic E-state index is 0.0649. The van der Waals surface area contributed by atoms with Gasteiger partial charge in [0, 0.05) is 18.5 Å². The van der Waals surface area contributed by atoms with Crippen LogP contribution in [0.2, 0.25) is 0 Å². The van der Waals surface area contributed by atoms with Gasteiger partial charge in [-0.05, 0) is 65.2 Å². The Hall–Kier alpha value is -4.47. The second-order valence-corrected chi connectivity index (χ2v) is 9.41. The molecule has 0 aliphatic carbocycles. The van der Waals surface area contributed by atoms with Crippen molar-refractivity contribution in [1.29, 1.82) is 0 Å². The minimum atomic E-state index is -3.87. The highest BCUT2D eigenvalue weighted by atomic mass is 32.2. The number of carbonyl (C=O) groups is 2. The number of hydrogen-bond donors (Lipinski definition) is 2. The van der Waals surface area contributed by atoms with Crippen molar-refractivity contribution in [2.45, 2.75) is 4.90 Å². The molecule has 1 aromatic heterocycles. The molecule has 1 heterocycles. The van der Waals surface area contributed by atoms with E-state index < -0.39 is 21.9 Å². The van der Waals surface area contributed by atoms with Crippen molar-refractivity contribution in [2.75, 3.05) is 5.01 Å². The quantitative estimate of drug-likeness (QED) is 0.176. The normalized spacial score (nSPS) is 11.5. The second kappa shape index (κ2) is 9.80. The third kappa shape index (κ3) is 5.21. The van der Waals surface area contributed by atoms with Crippen LogP contribution in [-0.4, -0.2) is 29.4 Å². The monoisotopic (exact) mass is 487 g/mol. The van der Waals surface area contributed by atoms with Gasteiger partial charge in [-0.25, -0.2) is 28.0 Å². The first kappa shape index (κ1) is 23.7. The molecule has 0 radical (unpaired) electrons. The molecule has 0 aliphatic heterocycles. The molecule has 176 valence electrons. The van der Waals surface area contributed by atoms with Gasteiger partial charge < -0.3 is 5.11 Å². The van der Waals surface area contributed by atoms with E-state index in [1.165, 1.54) is 48.8 Å². The molecule has 1 amide bonds. The van der Waals surface area contributed by atoms with E-state index in [1.54, 1.807) is 54.6 Å². The molecule has 0 bridgehead atoms. The molecule has 4 rings (SSSR count). The topological polar surface area (TPSA) is 123 Å². The number of para-hydroxylation sites is 1. The number of carboxylic acid groups (broad SMARTS) is 1. The molecule has 0 saturated heterocycles. The van der Waals surface area contributed by atoms with Gasteiger partial charge in [0.1, 0.15) is 0 Å². The molecular formula is C26H21N3O5S. The molecule has 0 atom stereocenters. The zero-order valence-electron chi connectivity index (χ0n) is 18.4. The van der Waals surface area contributed by atoms with Crippen LogP contribution in [-0.2, 0) is 14.8 Å². The van der Waals surface area contributed by atoms with Crippen molar-refractivity contribution in [3.63, 3.8) is 0 Å². The number of hydrazine groups is 1. The van der Waals surface area contributed by atoms with Gasteiger partial charge in [0.2, 0.25) is 0 Å². The number of anilines is 1. The second-order valence-electron chi connectivity index (χ2n) is 7.57. The molecular weight excluding hydrogens is 466 g/mol. The maximum atomic E-state index is 13.0. The number of hydrogen-bond acceptors (Lipinski definition) is 5. The Kier molecular flexibility index (Phi) is 6.63. The SMILES string of the molecule is NN(C(=O)C=Cc1ccn(S(=O)(=O)c2ccc(-c3cccc(C(=O)O)c3)cc2)c1)c1ccccc1. The first-order chi connectivity index (χ1) is 16.8. The van der Waals surface area contributed by atoms with E-state index in [9.17, 15) is 18.0 Å². The fourth-order valence-corrected chi connectivity index (χ4v) is 4.58. The van der Waals surface area contributed by atoms with E-state index in [0.717, 1.165) is 8.98 Å². The predicted molar refractivity (Wildman–Crippen MR) is 133 cm³/mol. The van der Waals surface area contributed by atoms with Gasteiger partial charge in [0.25, 0.3) is 15.9 Å². The lowest BCUT2D eigenvalue weighted by atomic mass is 10.0. The van der Waals surface area contributed by atoms with E-state index >= 15 is 0 Å². The highest BCUT2D eigenvalue weighted by Crippen LogP contribution is 2.24. The lowest BCUT2D eigenvalue weighted by Crippen LogP contribution is -2.35. The van der Waals surface area contributed by atoms with Crippen LogP contribution in [0.4, 0.5) is 5.69 Å². The number of benzene rings is 3. The van der Waals surface area contributed by atoms with Gasteiger partial charge in [0.15, 0.2) is 0 Å². The summed E-state index contributed by atoms with van der Waals surface area (Å²) >= 11 is 0. The lowest BCUT2D eigenvalue weighted by molar-refractivity contribution is -0.114. The zero-order chi connectivity index (χ0) is 25.0. The largest absolute Gasteiger partial charge is 0.478 e. The Morgan fingerprint density at radius 1 is 0.886 bits per heavy atom. The van der Waals surface area contributed by atoms with Gasteiger partial charge >= 0.3 is 5.97 Å². The maximum absolute atomic E-state index is 13.0. The van der Waals surface area contributed by atoms with Crippen LogP contribution in [0.1, 0.15) is 15.9 Å². The third-order valence-electron chi connectivity index (χ3n) is 5.25. The highest BCUT2D eigenvalue weighted by molar-refractivity contribution is 7.90. The van der Waals surface area contributed by atoms with Gasteiger partial charge in [-0.2, -0.15) is 0 Å². The Balaban J connectivity index is 1.50. The zero-order valence-corrected chi connectivity index (χ0v) is 19.2. The molecule has 4 aromatic rings. The fraction of sp³-hybridized carbons (Fsp3) is 0. The number of carboxylic acids is 1. The van der Waals surface area contributed by atoms with Crippen molar-refractivity contribution in [1.82, 2.24) is 3.97 Å². The summed E-state index contributed by atoms with van der Waals surface area (Å²) in [6, 6.07) is 22.9. The summed E-state index contributed by atoms with van der Waals surface area (Å²) in [4.78, 5) is 23.6. The van der Waals surface area contributed by atoms with Crippen molar-refractivity contribution < 1.29 is 23.1 Å². The molecule has 0 aliphatic rings. The van der Waals surface area contributed by atoms with Crippen LogP contribution in [0.15, 0.2) is 108 Å². The lowest BCUT2D eigenvalue weighted by Gasteiger charge is -2.13. The van der Waals surface area contributed by atoms with E-state index in [4.69, 9.17) is 10.9 Å². The highest BCUT2D eigenvalue weighted by Gasteiger charge is 2.17. The molecule has 0 spiro atoms. The summed E-state index contributed by atoms with van der Waals surface area (Å²) < 4.78 is 27.1. The Labute approximate surface area is 202 Å². The Bertz CT molecular complexity index is 1510. The summed E-state index contributed by atoms with van der Waals surface area (Å²) in [7, 11) is -3.87. The van der Waals surface area contributed by atoms with Crippen LogP contribution in [0.3, 0.4) is 0 Å². The average molecular weight is 488 g/mol. The first-order valence-electron chi connectivity index (χ1n) is 10.4. The van der Waals surface area contributed by atoms with E-state index in [1.807, 2.05) is 6.07 Å². The van der Waals surface area contributed by atoms with Gasteiger partial charge in [0.05, 0.1) is 16.1 Å². The Morgan fingerprint density at radius 2 is 1.60 bits per heavy atom. The molecule has 9 heteroatoms. The molecule has 0 fully saturated rings. The standard InChI is InChI=1S/C26H21N3O5S/c27-29(23-7-2-1-3-8-23)25(30)14-9-19-15-16-28(18-19)35(33,34)24-12-10-20(11-13-24)21-5-4-6-22(17-21)26(31)32/h1-18H,27H2,(H,31,32).